The second-order valence-corrected chi connectivity index (χ2v) is 5.48. The molecule has 0 heterocycles. The first kappa shape index (κ1) is 13.1. The molecule has 0 aromatic heterocycles. The Kier molecular flexibility index (Phi) is 3.73. The van der Waals surface area contributed by atoms with Crippen LogP contribution >= 0.6 is 9.24 Å². The molecule has 0 saturated carbocycles. The second-order valence-electron chi connectivity index (χ2n) is 5.07. The minimum absolute atomic E-state index is 0.0485. The molecular formula is C16H19OP. The van der Waals surface area contributed by atoms with Crippen LogP contribution in [0.3, 0.4) is 0 Å². The maximum Gasteiger partial charge on any atom is 0.115 e. The van der Waals surface area contributed by atoms with Gasteiger partial charge >= 0.3 is 0 Å². The SMILES string of the molecule is CC(C)(c1ccc(O)cc1)c1ccc(CP)cc1. The summed E-state index contributed by atoms with van der Waals surface area (Å²) in [5, 5.41) is 9.36. The fourth-order valence-electron chi connectivity index (χ4n) is 2.10. The standard InChI is InChI=1S/C16H19OP/c1-16(2,14-7-9-15(17)10-8-14)13-5-3-12(11-18)4-6-13/h3-10,17H,11,18H2,1-2H3. The number of aromatic hydroxyl groups is 1. The minimum atomic E-state index is -0.0485. The number of benzene rings is 2. The van der Waals surface area contributed by atoms with Gasteiger partial charge in [-0.05, 0) is 35.0 Å². The summed E-state index contributed by atoms with van der Waals surface area (Å²) in [5.41, 5.74) is 3.77. The van der Waals surface area contributed by atoms with E-state index in [2.05, 4.69) is 47.4 Å². The average molecular weight is 258 g/mol. The van der Waals surface area contributed by atoms with Gasteiger partial charge in [-0.3, -0.25) is 0 Å². The molecule has 0 saturated heterocycles. The largest absolute Gasteiger partial charge is 0.508 e. The fourth-order valence-corrected chi connectivity index (χ4v) is 2.37. The van der Waals surface area contributed by atoms with Crippen molar-refractivity contribution in [3.05, 3.63) is 65.2 Å². The summed E-state index contributed by atoms with van der Waals surface area (Å²) in [7, 11) is 2.74. The van der Waals surface area contributed by atoms with Crippen molar-refractivity contribution in [3.8, 4) is 5.75 Å². The number of phenolic OH excluding ortho intramolecular Hbond substituents is 1. The Morgan fingerprint density at radius 3 is 1.78 bits per heavy atom. The van der Waals surface area contributed by atoms with Crippen molar-refractivity contribution < 1.29 is 5.11 Å². The molecule has 2 aromatic carbocycles. The molecule has 0 aliphatic heterocycles. The van der Waals surface area contributed by atoms with Gasteiger partial charge in [0, 0.05) is 5.41 Å². The minimum Gasteiger partial charge on any atom is -0.508 e. The summed E-state index contributed by atoms with van der Waals surface area (Å²) >= 11 is 0. The molecule has 2 heteroatoms. The van der Waals surface area contributed by atoms with E-state index in [1.165, 1.54) is 16.7 Å². The summed E-state index contributed by atoms with van der Waals surface area (Å²) < 4.78 is 0. The topological polar surface area (TPSA) is 20.2 Å². The van der Waals surface area contributed by atoms with Crippen LogP contribution in [0, 0.1) is 0 Å². The Morgan fingerprint density at radius 2 is 1.33 bits per heavy atom. The summed E-state index contributed by atoms with van der Waals surface area (Å²) in [6.45, 7) is 4.41. The van der Waals surface area contributed by atoms with Crippen molar-refractivity contribution in [1.82, 2.24) is 0 Å². The molecule has 94 valence electrons. The molecule has 18 heavy (non-hydrogen) atoms. The zero-order valence-corrected chi connectivity index (χ0v) is 12.0. The highest BCUT2D eigenvalue weighted by atomic mass is 31.0. The molecule has 1 atom stereocenters. The average Bonchev–Trinajstić information content (AvgIpc) is 2.39. The number of phenols is 1. The first-order valence-electron chi connectivity index (χ1n) is 6.13. The van der Waals surface area contributed by atoms with E-state index in [1.807, 2.05) is 12.1 Å². The predicted molar refractivity (Wildman–Crippen MR) is 80.1 cm³/mol. The Morgan fingerprint density at radius 1 is 0.889 bits per heavy atom. The molecule has 0 aliphatic carbocycles. The van der Waals surface area contributed by atoms with Gasteiger partial charge in [0.25, 0.3) is 0 Å². The smallest absolute Gasteiger partial charge is 0.115 e. The molecule has 0 aliphatic rings. The third-order valence-electron chi connectivity index (χ3n) is 3.50. The molecular weight excluding hydrogens is 239 g/mol. The van der Waals surface area contributed by atoms with Gasteiger partial charge in [-0.2, -0.15) is 0 Å². The monoisotopic (exact) mass is 258 g/mol. The van der Waals surface area contributed by atoms with Crippen molar-refractivity contribution in [3.63, 3.8) is 0 Å². The lowest BCUT2D eigenvalue weighted by molar-refractivity contribution is 0.474. The molecule has 2 aromatic rings. The van der Waals surface area contributed by atoms with E-state index < -0.39 is 0 Å². The normalized spacial score (nSPS) is 11.5. The van der Waals surface area contributed by atoms with Crippen LogP contribution in [0.2, 0.25) is 0 Å². The van der Waals surface area contributed by atoms with Crippen LogP contribution in [0.4, 0.5) is 0 Å². The number of hydrogen-bond donors (Lipinski definition) is 1. The fraction of sp³-hybridized carbons (Fsp3) is 0.250. The zero-order valence-electron chi connectivity index (χ0n) is 10.9. The summed E-state index contributed by atoms with van der Waals surface area (Å²) in [4.78, 5) is 0. The van der Waals surface area contributed by atoms with Crippen LogP contribution in [-0.2, 0) is 11.6 Å². The van der Waals surface area contributed by atoms with Crippen LogP contribution < -0.4 is 0 Å². The van der Waals surface area contributed by atoms with Crippen molar-refractivity contribution in [2.24, 2.45) is 0 Å². The van der Waals surface area contributed by atoms with Gasteiger partial charge < -0.3 is 5.11 Å². The van der Waals surface area contributed by atoms with Gasteiger partial charge in [0.15, 0.2) is 0 Å². The third-order valence-corrected chi connectivity index (χ3v) is 3.97. The quantitative estimate of drug-likeness (QED) is 0.822. The Hall–Kier alpha value is -1.33. The summed E-state index contributed by atoms with van der Waals surface area (Å²) in [6.07, 6.45) is 0.986. The molecule has 2 rings (SSSR count). The molecule has 0 radical (unpaired) electrons. The highest BCUT2D eigenvalue weighted by Crippen LogP contribution is 2.32. The Bertz CT molecular complexity index is 512. The van der Waals surface area contributed by atoms with E-state index in [-0.39, 0.29) is 5.41 Å². The molecule has 1 N–H and O–H groups in total. The zero-order chi connectivity index (χ0) is 13.2. The van der Waals surface area contributed by atoms with E-state index >= 15 is 0 Å². The van der Waals surface area contributed by atoms with Crippen LogP contribution in [0.25, 0.3) is 0 Å². The number of rotatable bonds is 3. The van der Waals surface area contributed by atoms with Gasteiger partial charge in [-0.15, -0.1) is 9.24 Å². The van der Waals surface area contributed by atoms with E-state index in [1.54, 1.807) is 12.1 Å². The lowest BCUT2D eigenvalue weighted by atomic mass is 9.78. The van der Waals surface area contributed by atoms with E-state index in [0.29, 0.717) is 5.75 Å². The van der Waals surface area contributed by atoms with Gasteiger partial charge in [0.2, 0.25) is 0 Å². The van der Waals surface area contributed by atoms with Gasteiger partial charge in [-0.1, -0.05) is 50.2 Å². The van der Waals surface area contributed by atoms with E-state index in [4.69, 9.17) is 0 Å². The van der Waals surface area contributed by atoms with Gasteiger partial charge in [-0.25, -0.2) is 0 Å². The maximum atomic E-state index is 9.36. The van der Waals surface area contributed by atoms with E-state index in [9.17, 15) is 5.11 Å². The van der Waals surface area contributed by atoms with E-state index in [0.717, 1.165) is 6.16 Å². The molecule has 1 nitrogen and oxygen atoms in total. The Balaban J connectivity index is 2.37. The first-order valence-corrected chi connectivity index (χ1v) is 6.94. The van der Waals surface area contributed by atoms with Crippen LogP contribution in [0.1, 0.15) is 30.5 Å². The van der Waals surface area contributed by atoms with Crippen molar-refractivity contribution in [2.75, 3.05) is 0 Å². The summed E-state index contributed by atoms with van der Waals surface area (Å²) in [6, 6.07) is 16.2. The van der Waals surface area contributed by atoms with Gasteiger partial charge in [0.05, 0.1) is 0 Å². The molecule has 0 spiro atoms. The lowest BCUT2D eigenvalue weighted by Crippen LogP contribution is -2.18. The maximum absolute atomic E-state index is 9.36. The second kappa shape index (κ2) is 5.12. The highest BCUT2D eigenvalue weighted by molar-refractivity contribution is 7.15. The predicted octanol–water partition coefficient (Wildman–Crippen LogP) is 4.09. The molecule has 0 amide bonds. The highest BCUT2D eigenvalue weighted by Gasteiger charge is 2.22. The van der Waals surface area contributed by atoms with Crippen LogP contribution in [0.5, 0.6) is 5.75 Å². The molecule has 0 bridgehead atoms. The Labute approximate surface area is 111 Å². The first-order chi connectivity index (χ1) is 8.54. The summed E-state index contributed by atoms with van der Waals surface area (Å²) in [5.74, 6) is 0.313. The van der Waals surface area contributed by atoms with Crippen molar-refractivity contribution in [2.45, 2.75) is 25.4 Å². The number of hydrogen-bond acceptors (Lipinski definition) is 1. The van der Waals surface area contributed by atoms with Crippen molar-refractivity contribution >= 4 is 9.24 Å². The van der Waals surface area contributed by atoms with Crippen molar-refractivity contribution in [1.29, 1.82) is 0 Å². The molecule has 1 unspecified atom stereocenters. The van der Waals surface area contributed by atoms with Crippen LogP contribution in [0.15, 0.2) is 48.5 Å². The van der Waals surface area contributed by atoms with Crippen LogP contribution in [-0.4, -0.2) is 5.11 Å². The lowest BCUT2D eigenvalue weighted by Gasteiger charge is -2.26. The van der Waals surface area contributed by atoms with Gasteiger partial charge in [0.1, 0.15) is 5.75 Å². The third kappa shape index (κ3) is 2.57. The molecule has 0 fully saturated rings.